The third-order valence-corrected chi connectivity index (χ3v) is 3.17. The highest BCUT2D eigenvalue weighted by Crippen LogP contribution is 2.29. The summed E-state index contributed by atoms with van der Waals surface area (Å²) in [6.07, 6.45) is -4.41. The number of phenolic OH excluding ortho intramolecular Hbond substituents is 1. The van der Waals surface area contributed by atoms with E-state index < -0.39 is 16.7 Å². The zero-order chi connectivity index (χ0) is 17.0. The van der Waals surface area contributed by atoms with Crippen LogP contribution < -0.4 is 5.32 Å². The summed E-state index contributed by atoms with van der Waals surface area (Å²) < 4.78 is 37.8. The van der Waals surface area contributed by atoms with Crippen LogP contribution in [0.5, 0.6) is 5.75 Å². The molecule has 0 aliphatic heterocycles. The van der Waals surface area contributed by atoms with Gasteiger partial charge in [-0.15, -0.1) is 0 Å². The Morgan fingerprint density at radius 1 is 1.13 bits per heavy atom. The molecule has 0 spiro atoms. The van der Waals surface area contributed by atoms with Crippen LogP contribution in [0.4, 0.5) is 18.9 Å². The number of benzene rings is 2. The van der Waals surface area contributed by atoms with Crippen molar-refractivity contribution < 1.29 is 23.2 Å². The van der Waals surface area contributed by atoms with E-state index >= 15 is 0 Å². The summed E-state index contributed by atoms with van der Waals surface area (Å²) in [7, 11) is 0. The average molecular weight is 326 g/mol. The van der Waals surface area contributed by atoms with Crippen molar-refractivity contribution in [3.63, 3.8) is 0 Å². The number of nitro benzene ring substituents is 1. The van der Waals surface area contributed by atoms with Gasteiger partial charge >= 0.3 is 6.18 Å². The summed E-state index contributed by atoms with van der Waals surface area (Å²) in [6.45, 7) is 0.218. The number of hydrogen-bond donors (Lipinski definition) is 2. The number of aromatic hydroxyl groups is 1. The van der Waals surface area contributed by atoms with Crippen LogP contribution in [0.2, 0.25) is 0 Å². The Kier molecular flexibility index (Phi) is 4.85. The van der Waals surface area contributed by atoms with Gasteiger partial charge in [0.2, 0.25) is 0 Å². The molecule has 0 aromatic heterocycles. The molecule has 122 valence electrons. The lowest BCUT2D eigenvalue weighted by Crippen LogP contribution is -2.14. The standard InChI is InChI=1S/C15H13F3N2O3/c16-15(17,18)12-3-1-2-10(6-12)8-19-9-11-7-13(20(22)23)4-5-14(11)21/h1-7,19,21H,8-9H2. The molecule has 2 rings (SSSR count). The van der Waals surface area contributed by atoms with Crippen LogP contribution in [0.1, 0.15) is 16.7 Å². The number of nitrogens with one attached hydrogen (secondary N) is 1. The maximum Gasteiger partial charge on any atom is 0.416 e. The molecule has 0 aliphatic carbocycles. The molecule has 0 bridgehead atoms. The fourth-order valence-electron chi connectivity index (χ4n) is 2.03. The average Bonchev–Trinajstić information content (AvgIpc) is 2.48. The fraction of sp³-hybridized carbons (Fsp3) is 0.200. The molecule has 0 atom stereocenters. The smallest absolute Gasteiger partial charge is 0.416 e. The van der Waals surface area contributed by atoms with Crippen LogP contribution in [0.25, 0.3) is 0 Å². The first kappa shape index (κ1) is 16.8. The summed E-state index contributed by atoms with van der Waals surface area (Å²) in [6, 6.07) is 8.45. The maximum absolute atomic E-state index is 12.6. The first-order valence-corrected chi connectivity index (χ1v) is 6.60. The predicted molar refractivity (Wildman–Crippen MR) is 76.7 cm³/mol. The van der Waals surface area contributed by atoms with Gasteiger partial charge in [-0.05, 0) is 17.7 Å². The van der Waals surface area contributed by atoms with E-state index in [0.29, 0.717) is 11.1 Å². The lowest BCUT2D eigenvalue weighted by molar-refractivity contribution is -0.384. The number of nitrogens with zero attached hydrogens (tertiary/aromatic N) is 1. The Hall–Kier alpha value is -2.61. The van der Waals surface area contributed by atoms with Crippen molar-refractivity contribution in [1.82, 2.24) is 5.32 Å². The number of nitro groups is 1. The molecule has 0 fully saturated rings. The SMILES string of the molecule is O=[N+]([O-])c1ccc(O)c(CNCc2cccc(C(F)(F)F)c2)c1. The lowest BCUT2D eigenvalue weighted by Gasteiger charge is -2.10. The fourth-order valence-corrected chi connectivity index (χ4v) is 2.03. The van der Waals surface area contributed by atoms with Gasteiger partial charge in [-0.2, -0.15) is 13.2 Å². The number of hydrogen-bond acceptors (Lipinski definition) is 4. The van der Waals surface area contributed by atoms with Gasteiger partial charge in [0.1, 0.15) is 5.75 Å². The summed E-state index contributed by atoms with van der Waals surface area (Å²) in [5.41, 5.74) is -0.190. The van der Waals surface area contributed by atoms with Crippen molar-refractivity contribution in [1.29, 1.82) is 0 Å². The molecule has 0 saturated carbocycles. The molecule has 0 radical (unpaired) electrons. The van der Waals surface area contributed by atoms with Crippen LogP contribution in [0, 0.1) is 10.1 Å². The molecule has 0 aliphatic rings. The highest BCUT2D eigenvalue weighted by atomic mass is 19.4. The molecule has 8 heteroatoms. The van der Waals surface area contributed by atoms with E-state index in [1.54, 1.807) is 0 Å². The van der Waals surface area contributed by atoms with Gasteiger partial charge in [0, 0.05) is 30.8 Å². The van der Waals surface area contributed by atoms with Gasteiger partial charge in [-0.25, -0.2) is 0 Å². The van der Waals surface area contributed by atoms with Crippen molar-refractivity contribution in [2.45, 2.75) is 19.3 Å². The molecule has 5 nitrogen and oxygen atoms in total. The zero-order valence-electron chi connectivity index (χ0n) is 11.8. The molecule has 23 heavy (non-hydrogen) atoms. The molecule has 2 N–H and O–H groups in total. The number of non-ortho nitro benzene ring substituents is 1. The van der Waals surface area contributed by atoms with Crippen LogP contribution in [-0.4, -0.2) is 10.0 Å². The summed E-state index contributed by atoms with van der Waals surface area (Å²) in [5.74, 6) is -0.118. The first-order chi connectivity index (χ1) is 10.8. The molecule has 0 heterocycles. The molecule has 2 aromatic rings. The Morgan fingerprint density at radius 2 is 1.87 bits per heavy atom. The Labute approximate surface area is 129 Å². The third kappa shape index (κ3) is 4.43. The predicted octanol–water partition coefficient (Wildman–Crippen LogP) is 3.61. The van der Waals surface area contributed by atoms with Gasteiger partial charge < -0.3 is 10.4 Å². The van der Waals surface area contributed by atoms with E-state index in [0.717, 1.165) is 12.1 Å². The normalized spacial score (nSPS) is 11.4. The van der Waals surface area contributed by atoms with Crippen molar-refractivity contribution in [2.75, 3.05) is 0 Å². The minimum absolute atomic E-state index is 0.0871. The molecule has 0 unspecified atom stereocenters. The highest BCUT2D eigenvalue weighted by molar-refractivity contribution is 5.43. The van der Waals surface area contributed by atoms with E-state index in [1.807, 2.05) is 0 Å². The minimum Gasteiger partial charge on any atom is -0.508 e. The van der Waals surface area contributed by atoms with E-state index in [-0.39, 0.29) is 24.5 Å². The van der Waals surface area contributed by atoms with Crippen LogP contribution in [0.15, 0.2) is 42.5 Å². The van der Waals surface area contributed by atoms with Crippen molar-refractivity contribution in [3.05, 3.63) is 69.3 Å². The van der Waals surface area contributed by atoms with E-state index in [1.165, 1.54) is 30.3 Å². The van der Waals surface area contributed by atoms with Crippen molar-refractivity contribution >= 4 is 5.69 Å². The maximum atomic E-state index is 12.6. The number of halogens is 3. The van der Waals surface area contributed by atoms with Gasteiger partial charge in [0.25, 0.3) is 5.69 Å². The number of alkyl halides is 3. The lowest BCUT2D eigenvalue weighted by atomic mass is 10.1. The number of rotatable bonds is 5. The monoisotopic (exact) mass is 326 g/mol. The second-order valence-electron chi connectivity index (χ2n) is 4.87. The summed E-state index contributed by atoms with van der Waals surface area (Å²) in [4.78, 5) is 10.1. The summed E-state index contributed by atoms with van der Waals surface area (Å²) in [5, 5.41) is 23.2. The molecular weight excluding hydrogens is 313 g/mol. The first-order valence-electron chi connectivity index (χ1n) is 6.60. The van der Waals surface area contributed by atoms with Crippen LogP contribution >= 0.6 is 0 Å². The molecule has 2 aromatic carbocycles. The van der Waals surface area contributed by atoms with Gasteiger partial charge in [-0.1, -0.05) is 18.2 Å². The van der Waals surface area contributed by atoms with Gasteiger partial charge in [0.05, 0.1) is 10.5 Å². The number of phenols is 1. The highest BCUT2D eigenvalue weighted by Gasteiger charge is 2.30. The topological polar surface area (TPSA) is 75.4 Å². The van der Waals surface area contributed by atoms with Crippen molar-refractivity contribution in [2.24, 2.45) is 0 Å². The Morgan fingerprint density at radius 3 is 2.52 bits per heavy atom. The molecular formula is C15H13F3N2O3. The van der Waals surface area contributed by atoms with E-state index in [9.17, 15) is 28.4 Å². The van der Waals surface area contributed by atoms with Gasteiger partial charge in [-0.3, -0.25) is 10.1 Å². The minimum atomic E-state index is -4.41. The second kappa shape index (κ2) is 6.66. The summed E-state index contributed by atoms with van der Waals surface area (Å²) >= 11 is 0. The van der Waals surface area contributed by atoms with Gasteiger partial charge in [0.15, 0.2) is 0 Å². The Bertz CT molecular complexity index is 717. The third-order valence-electron chi connectivity index (χ3n) is 3.17. The van der Waals surface area contributed by atoms with E-state index in [2.05, 4.69) is 5.32 Å². The molecule has 0 saturated heterocycles. The largest absolute Gasteiger partial charge is 0.508 e. The second-order valence-corrected chi connectivity index (χ2v) is 4.87. The quantitative estimate of drug-likeness (QED) is 0.650. The van der Waals surface area contributed by atoms with Crippen LogP contribution in [-0.2, 0) is 19.3 Å². The van der Waals surface area contributed by atoms with E-state index in [4.69, 9.17) is 0 Å². The Balaban J connectivity index is 2.03. The van der Waals surface area contributed by atoms with Crippen molar-refractivity contribution in [3.8, 4) is 5.75 Å². The van der Waals surface area contributed by atoms with Crippen LogP contribution in [0.3, 0.4) is 0 Å². The zero-order valence-corrected chi connectivity index (χ0v) is 11.8. The molecule has 0 amide bonds.